The topological polar surface area (TPSA) is 59.3 Å². The Morgan fingerprint density at radius 2 is 2.32 bits per heavy atom. The molecule has 2 heterocycles. The number of aliphatic hydroxyl groups excluding tert-OH is 1. The van der Waals surface area contributed by atoms with Crippen LogP contribution < -0.4 is 5.32 Å². The number of aromatic nitrogens is 2. The molecule has 0 radical (unpaired) electrons. The molecule has 5 nitrogen and oxygen atoms in total. The summed E-state index contributed by atoms with van der Waals surface area (Å²) in [5.74, 6) is 0. The molecule has 0 amide bonds. The summed E-state index contributed by atoms with van der Waals surface area (Å²) in [5.41, 5.74) is 2.25. The van der Waals surface area contributed by atoms with Crippen LogP contribution in [-0.2, 0) is 17.9 Å². The molecule has 0 aliphatic rings. The fourth-order valence-electron chi connectivity index (χ4n) is 2.27. The SMILES string of the molecule is Cc1cc(C)n(CCCNCC(O)COCc2cccs2)n1. The van der Waals surface area contributed by atoms with Crippen LogP contribution in [0.25, 0.3) is 0 Å². The van der Waals surface area contributed by atoms with Crippen LogP contribution in [0.15, 0.2) is 23.6 Å². The van der Waals surface area contributed by atoms with Crippen molar-refractivity contribution in [1.82, 2.24) is 15.1 Å². The van der Waals surface area contributed by atoms with Gasteiger partial charge in [-0.15, -0.1) is 11.3 Å². The minimum Gasteiger partial charge on any atom is -0.389 e. The maximum absolute atomic E-state index is 9.84. The van der Waals surface area contributed by atoms with Crippen LogP contribution in [0, 0.1) is 13.8 Å². The number of aliphatic hydroxyl groups is 1. The predicted octanol–water partition coefficient (Wildman–Crippen LogP) is 2.12. The smallest absolute Gasteiger partial charge is 0.0897 e. The maximum Gasteiger partial charge on any atom is 0.0897 e. The summed E-state index contributed by atoms with van der Waals surface area (Å²) in [4.78, 5) is 1.19. The van der Waals surface area contributed by atoms with Crippen LogP contribution in [0.4, 0.5) is 0 Å². The van der Waals surface area contributed by atoms with Gasteiger partial charge < -0.3 is 15.2 Å². The summed E-state index contributed by atoms with van der Waals surface area (Å²) >= 11 is 1.67. The zero-order valence-corrected chi connectivity index (χ0v) is 14.1. The summed E-state index contributed by atoms with van der Waals surface area (Å²) in [6, 6.07) is 6.13. The molecular formula is C16H25N3O2S. The fraction of sp³-hybridized carbons (Fsp3) is 0.562. The predicted molar refractivity (Wildman–Crippen MR) is 89.2 cm³/mol. The molecule has 0 aliphatic heterocycles. The molecule has 0 aliphatic carbocycles. The van der Waals surface area contributed by atoms with Crippen LogP contribution in [-0.4, -0.2) is 40.7 Å². The molecule has 0 saturated heterocycles. The van der Waals surface area contributed by atoms with Crippen molar-refractivity contribution in [2.75, 3.05) is 19.7 Å². The second-order valence-corrected chi connectivity index (χ2v) is 6.49. The van der Waals surface area contributed by atoms with E-state index in [4.69, 9.17) is 4.74 Å². The first kappa shape index (κ1) is 17.1. The van der Waals surface area contributed by atoms with E-state index in [1.54, 1.807) is 11.3 Å². The molecule has 1 unspecified atom stereocenters. The number of hydrogen-bond acceptors (Lipinski definition) is 5. The van der Waals surface area contributed by atoms with Gasteiger partial charge in [0, 0.05) is 23.7 Å². The normalized spacial score (nSPS) is 12.7. The average molecular weight is 323 g/mol. The van der Waals surface area contributed by atoms with Gasteiger partial charge in [-0.1, -0.05) is 6.07 Å². The average Bonchev–Trinajstić information content (AvgIpc) is 3.09. The van der Waals surface area contributed by atoms with Crippen LogP contribution in [0.3, 0.4) is 0 Å². The quantitative estimate of drug-likeness (QED) is 0.658. The van der Waals surface area contributed by atoms with Gasteiger partial charge in [-0.25, -0.2) is 0 Å². The van der Waals surface area contributed by atoms with Gasteiger partial charge in [-0.05, 0) is 44.3 Å². The standard InChI is InChI=1S/C16H25N3O2S/c1-13-9-14(2)19(18-13)7-4-6-17-10-15(20)11-21-12-16-5-3-8-22-16/h3,5,8-9,15,17,20H,4,6-7,10-12H2,1-2H3. The van der Waals surface area contributed by atoms with Crippen molar-refractivity contribution in [3.8, 4) is 0 Å². The Morgan fingerprint density at radius 1 is 1.45 bits per heavy atom. The monoisotopic (exact) mass is 323 g/mol. The zero-order valence-electron chi connectivity index (χ0n) is 13.3. The van der Waals surface area contributed by atoms with Gasteiger partial charge >= 0.3 is 0 Å². The third-order valence-electron chi connectivity index (χ3n) is 3.34. The minimum absolute atomic E-state index is 0.363. The molecule has 2 aromatic heterocycles. The molecule has 1 atom stereocenters. The Bertz CT molecular complexity index is 540. The lowest BCUT2D eigenvalue weighted by molar-refractivity contribution is 0.0299. The third kappa shape index (κ3) is 5.88. The highest BCUT2D eigenvalue weighted by Gasteiger charge is 2.05. The Balaban J connectivity index is 1.50. The van der Waals surface area contributed by atoms with Gasteiger partial charge in [0.1, 0.15) is 0 Å². The van der Waals surface area contributed by atoms with Gasteiger partial charge in [0.2, 0.25) is 0 Å². The van der Waals surface area contributed by atoms with Gasteiger partial charge in [0.05, 0.1) is 25.0 Å². The lowest BCUT2D eigenvalue weighted by Crippen LogP contribution is -2.31. The Labute approximate surface area is 135 Å². The highest BCUT2D eigenvalue weighted by Crippen LogP contribution is 2.09. The maximum atomic E-state index is 9.84. The van der Waals surface area contributed by atoms with Crippen LogP contribution >= 0.6 is 11.3 Å². The van der Waals surface area contributed by atoms with E-state index in [0.717, 1.165) is 25.2 Å². The van der Waals surface area contributed by atoms with Crippen molar-refractivity contribution in [3.63, 3.8) is 0 Å². The van der Waals surface area contributed by atoms with Crippen LogP contribution in [0.1, 0.15) is 22.7 Å². The molecule has 2 aromatic rings. The molecule has 0 aromatic carbocycles. The van der Waals surface area contributed by atoms with Gasteiger partial charge in [0.15, 0.2) is 0 Å². The summed E-state index contributed by atoms with van der Waals surface area (Å²) in [5, 5.41) is 19.6. The molecular weight excluding hydrogens is 298 g/mol. The van der Waals surface area contributed by atoms with E-state index >= 15 is 0 Å². The molecule has 2 rings (SSSR count). The van der Waals surface area contributed by atoms with Crippen molar-refractivity contribution in [1.29, 1.82) is 0 Å². The van der Waals surface area contributed by atoms with Crippen LogP contribution in [0.5, 0.6) is 0 Å². The van der Waals surface area contributed by atoms with Gasteiger partial charge in [-0.2, -0.15) is 5.10 Å². The first-order valence-corrected chi connectivity index (χ1v) is 8.53. The second-order valence-electron chi connectivity index (χ2n) is 5.46. The summed E-state index contributed by atoms with van der Waals surface area (Å²) in [6.07, 6.45) is 0.527. The van der Waals surface area contributed by atoms with Crippen molar-refractivity contribution in [2.45, 2.75) is 39.5 Å². The van der Waals surface area contributed by atoms with E-state index in [0.29, 0.717) is 19.8 Å². The van der Waals surface area contributed by atoms with E-state index in [-0.39, 0.29) is 0 Å². The summed E-state index contributed by atoms with van der Waals surface area (Å²) in [7, 11) is 0. The van der Waals surface area contributed by atoms with E-state index in [9.17, 15) is 5.11 Å². The summed E-state index contributed by atoms with van der Waals surface area (Å²) < 4.78 is 7.52. The molecule has 0 bridgehead atoms. The van der Waals surface area contributed by atoms with E-state index in [1.807, 2.05) is 29.1 Å². The van der Waals surface area contributed by atoms with Gasteiger partial charge in [-0.3, -0.25) is 4.68 Å². The largest absolute Gasteiger partial charge is 0.389 e. The number of rotatable bonds is 10. The fourth-order valence-corrected chi connectivity index (χ4v) is 2.91. The van der Waals surface area contributed by atoms with E-state index in [2.05, 4.69) is 23.4 Å². The molecule has 22 heavy (non-hydrogen) atoms. The Kier molecular flexibility index (Phi) is 7.05. The molecule has 0 fully saturated rings. The lowest BCUT2D eigenvalue weighted by atomic mass is 10.3. The van der Waals surface area contributed by atoms with Crippen molar-refractivity contribution in [3.05, 3.63) is 39.8 Å². The highest BCUT2D eigenvalue weighted by atomic mass is 32.1. The van der Waals surface area contributed by atoms with Crippen molar-refractivity contribution >= 4 is 11.3 Å². The minimum atomic E-state index is -0.464. The number of nitrogens with zero attached hydrogens (tertiary/aromatic N) is 2. The van der Waals surface area contributed by atoms with Crippen molar-refractivity contribution < 1.29 is 9.84 Å². The van der Waals surface area contributed by atoms with Crippen LogP contribution in [0.2, 0.25) is 0 Å². The first-order chi connectivity index (χ1) is 10.6. The van der Waals surface area contributed by atoms with Crippen molar-refractivity contribution in [2.24, 2.45) is 0 Å². The molecule has 6 heteroatoms. The molecule has 122 valence electrons. The summed E-state index contributed by atoms with van der Waals surface area (Å²) in [6.45, 7) is 7.34. The number of nitrogens with one attached hydrogen (secondary N) is 1. The Morgan fingerprint density at radius 3 is 3.00 bits per heavy atom. The number of hydrogen-bond donors (Lipinski definition) is 2. The number of aryl methyl sites for hydroxylation is 3. The second kappa shape index (κ2) is 9.05. The third-order valence-corrected chi connectivity index (χ3v) is 4.19. The molecule has 0 spiro atoms. The van der Waals surface area contributed by atoms with Gasteiger partial charge in [0.25, 0.3) is 0 Å². The molecule has 2 N–H and O–H groups in total. The van der Waals surface area contributed by atoms with E-state index < -0.39 is 6.10 Å². The molecule has 0 saturated carbocycles. The lowest BCUT2D eigenvalue weighted by Gasteiger charge is -2.12. The first-order valence-electron chi connectivity index (χ1n) is 7.65. The Hall–Kier alpha value is -1.21. The van der Waals surface area contributed by atoms with E-state index in [1.165, 1.54) is 10.6 Å². The zero-order chi connectivity index (χ0) is 15.8. The number of thiophene rings is 1. The highest BCUT2D eigenvalue weighted by molar-refractivity contribution is 7.09. The number of ether oxygens (including phenoxy) is 1.